The molecule has 0 aliphatic heterocycles. The fourth-order valence-electron chi connectivity index (χ4n) is 5.99. The summed E-state index contributed by atoms with van der Waals surface area (Å²) in [5.74, 6) is 0.973. The summed E-state index contributed by atoms with van der Waals surface area (Å²) < 4.78 is 11.5. The van der Waals surface area contributed by atoms with Gasteiger partial charge in [-0.3, -0.25) is 4.79 Å². The normalized spacial score (nSPS) is 40.0. The molecule has 4 rings (SSSR count). The highest BCUT2D eigenvalue weighted by atomic mass is 16.6. The first kappa shape index (κ1) is 19.4. The number of ether oxygens (including phenoxy) is 2. The quantitative estimate of drug-likeness (QED) is 0.509. The molecule has 4 aliphatic rings. The van der Waals surface area contributed by atoms with Crippen molar-refractivity contribution in [1.29, 1.82) is 0 Å². The molecule has 0 spiro atoms. The molecular formula is C22H34O4. The summed E-state index contributed by atoms with van der Waals surface area (Å²) in [6.45, 7) is 13.5. The monoisotopic (exact) mass is 362 g/mol. The highest BCUT2D eigenvalue weighted by Gasteiger charge is 2.60. The molecule has 0 aromatic carbocycles. The van der Waals surface area contributed by atoms with E-state index in [1.165, 1.54) is 32.1 Å². The second-order valence-corrected chi connectivity index (χ2v) is 9.89. The maximum atomic E-state index is 12.8. The van der Waals surface area contributed by atoms with E-state index >= 15 is 0 Å². The Kier molecular flexibility index (Phi) is 5.00. The van der Waals surface area contributed by atoms with Gasteiger partial charge in [0.15, 0.2) is 0 Å². The minimum absolute atomic E-state index is 0.150. The van der Waals surface area contributed by atoms with Gasteiger partial charge in [-0.25, -0.2) is 4.79 Å². The fraction of sp³-hybridized carbons (Fsp3) is 0.818. The first-order valence-electron chi connectivity index (χ1n) is 10.1. The van der Waals surface area contributed by atoms with Crippen LogP contribution in [-0.4, -0.2) is 23.6 Å². The zero-order valence-electron chi connectivity index (χ0n) is 17.0. The van der Waals surface area contributed by atoms with Gasteiger partial charge in [-0.2, -0.15) is 0 Å². The van der Waals surface area contributed by atoms with Crippen LogP contribution in [0, 0.1) is 29.1 Å². The van der Waals surface area contributed by atoms with Gasteiger partial charge in [0.1, 0.15) is 11.7 Å². The lowest BCUT2D eigenvalue weighted by Crippen LogP contribution is -2.61. The molecule has 0 aromatic heterocycles. The van der Waals surface area contributed by atoms with Crippen molar-refractivity contribution in [2.24, 2.45) is 29.1 Å². The molecule has 0 saturated heterocycles. The number of carbonyl (C=O) groups excluding carboxylic acids is 2. The molecule has 0 heterocycles. The third-order valence-corrected chi connectivity index (χ3v) is 7.18. The van der Waals surface area contributed by atoms with Crippen LogP contribution in [-0.2, 0) is 19.1 Å². The largest absolute Gasteiger partial charge is 0.459 e. The Hall–Kier alpha value is -1.32. The van der Waals surface area contributed by atoms with E-state index in [0.717, 1.165) is 5.92 Å². The van der Waals surface area contributed by atoms with Crippen LogP contribution in [0.5, 0.6) is 0 Å². The highest BCUT2D eigenvalue weighted by Crippen LogP contribution is 2.64. The van der Waals surface area contributed by atoms with Crippen molar-refractivity contribution >= 4 is 11.9 Å². The van der Waals surface area contributed by atoms with Crippen LogP contribution in [0.15, 0.2) is 12.2 Å². The SMILES string of the molecule is C=C(C)C(=O)OC(C)CC(C)C(=O)OC1(C)C2CC3CC1CC(C)(C3)C2. The Morgan fingerprint density at radius 3 is 2.19 bits per heavy atom. The van der Waals surface area contributed by atoms with Crippen molar-refractivity contribution in [3.8, 4) is 0 Å². The molecule has 4 aliphatic carbocycles. The molecule has 0 amide bonds. The molecule has 4 saturated carbocycles. The zero-order valence-corrected chi connectivity index (χ0v) is 17.0. The van der Waals surface area contributed by atoms with Gasteiger partial charge in [0.25, 0.3) is 0 Å². The Morgan fingerprint density at radius 1 is 1.12 bits per heavy atom. The molecule has 146 valence electrons. The van der Waals surface area contributed by atoms with Crippen molar-refractivity contribution in [3.05, 3.63) is 12.2 Å². The summed E-state index contributed by atoms with van der Waals surface area (Å²) >= 11 is 0. The minimum Gasteiger partial charge on any atom is -0.459 e. The highest BCUT2D eigenvalue weighted by molar-refractivity contribution is 5.87. The van der Waals surface area contributed by atoms with E-state index in [4.69, 9.17) is 9.47 Å². The van der Waals surface area contributed by atoms with Gasteiger partial charge in [0.05, 0.1) is 5.92 Å². The lowest BCUT2D eigenvalue weighted by atomic mass is 9.45. The van der Waals surface area contributed by atoms with Gasteiger partial charge in [-0.15, -0.1) is 0 Å². The van der Waals surface area contributed by atoms with Crippen LogP contribution in [0.25, 0.3) is 0 Å². The van der Waals surface area contributed by atoms with Gasteiger partial charge >= 0.3 is 11.9 Å². The van der Waals surface area contributed by atoms with E-state index in [0.29, 0.717) is 29.2 Å². The number of rotatable bonds is 6. The third-order valence-electron chi connectivity index (χ3n) is 7.18. The Balaban J connectivity index is 1.59. The second-order valence-electron chi connectivity index (χ2n) is 9.89. The topological polar surface area (TPSA) is 52.6 Å². The Bertz CT molecular complexity index is 591. The van der Waals surface area contributed by atoms with Crippen LogP contribution < -0.4 is 0 Å². The molecule has 0 aromatic rings. The van der Waals surface area contributed by atoms with Crippen molar-refractivity contribution < 1.29 is 19.1 Å². The van der Waals surface area contributed by atoms with Crippen molar-refractivity contribution in [2.45, 2.75) is 84.8 Å². The van der Waals surface area contributed by atoms with Gasteiger partial charge < -0.3 is 9.47 Å². The maximum absolute atomic E-state index is 12.8. The first-order chi connectivity index (χ1) is 12.0. The van der Waals surface area contributed by atoms with E-state index in [1.54, 1.807) is 6.92 Å². The lowest BCUT2D eigenvalue weighted by Gasteiger charge is -2.63. The molecule has 4 atom stereocenters. The first-order valence-corrected chi connectivity index (χ1v) is 10.1. The van der Waals surface area contributed by atoms with E-state index in [2.05, 4.69) is 20.4 Å². The van der Waals surface area contributed by atoms with Gasteiger partial charge in [-0.05, 0) is 82.5 Å². The van der Waals surface area contributed by atoms with Crippen molar-refractivity contribution in [1.82, 2.24) is 0 Å². The zero-order chi connectivity index (χ0) is 19.3. The summed E-state index contributed by atoms with van der Waals surface area (Å²) in [5, 5.41) is 0. The van der Waals surface area contributed by atoms with Crippen LogP contribution in [0.2, 0.25) is 0 Å². The lowest BCUT2D eigenvalue weighted by molar-refractivity contribution is -0.219. The maximum Gasteiger partial charge on any atom is 0.333 e. The van der Waals surface area contributed by atoms with Crippen LogP contribution in [0.4, 0.5) is 0 Å². The van der Waals surface area contributed by atoms with Crippen LogP contribution in [0.1, 0.15) is 73.1 Å². The molecule has 4 heteroatoms. The summed E-state index contributed by atoms with van der Waals surface area (Å²) in [7, 11) is 0. The van der Waals surface area contributed by atoms with Gasteiger partial charge in [0.2, 0.25) is 0 Å². The molecule has 0 radical (unpaired) electrons. The van der Waals surface area contributed by atoms with Gasteiger partial charge in [-0.1, -0.05) is 20.4 Å². The Labute approximate surface area is 157 Å². The predicted octanol–water partition coefficient (Wildman–Crippen LogP) is 4.67. The summed E-state index contributed by atoms with van der Waals surface area (Å²) in [6.07, 6.45) is 6.28. The van der Waals surface area contributed by atoms with E-state index in [1.807, 2.05) is 13.8 Å². The second kappa shape index (κ2) is 6.69. The number of hydrogen-bond donors (Lipinski definition) is 0. The van der Waals surface area contributed by atoms with Gasteiger partial charge in [0, 0.05) is 5.57 Å². The molecule has 4 bridgehead atoms. The van der Waals surface area contributed by atoms with Crippen LogP contribution in [0.3, 0.4) is 0 Å². The third kappa shape index (κ3) is 3.57. The van der Waals surface area contributed by atoms with Crippen molar-refractivity contribution in [2.75, 3.05) is 0 Å². The van der Waals surface area contributed by atoms with E-state index in [-0.39, 0.29) is 23.6 Å². The molecule has 26 heavy (non-hydrogen) atoms. The number of hydrogen-bond acceptors (Lipinski definition) is 4. The summed E-state index contributed by atoms with van der Waals surface area (Å²) in [6, 6.07) is 0. The molecule has 4 fully saturated rings. The molecule has 4 nitrogen and oxygen atoms in total. The fourth-order valence-corrected chi connectivity index (χ4v) is 5.99. The van der Waals surface area contributed by atoms with E-state index < -0.39 is 5.97 Å². The standard InChI is InChI=1S/C22H34O4/c1-13(2)19(23)25-15(4)7-14(3)20(24)26-22(6)17-8-16-9-18(22)12-21(5,10-16)11-17/h14-18H,1,7-12H2,2-6H3. The summed E-state index contributed by atoms with van der Waals surface area (Å²) in [5.41, 5.74) is 0.514. The number of esters is 2. The average Bonchev–Trinajstić information content (AvgIpc) is 2.50. The molecule has 0 N–H and O–H groups in total. The average molecular weight is 363 g/mol. The number of carbonyl (C=O) groups is 2. The Morgan fingerprint density at radius 2 is 1.69 bits per heavy atom. The minimum atomic E-state index is -0.403. The van der Waals surface area contributed by atoms with Crippen LogP contribution >= 0.6 is 0 Å². The summed E-state index contributed by atoms with van der Waals surface area (Å²) in [4.78, 5) is 24.4. The molecular weight excluding hydrogens is 328 g/mol. The smallest absolute Gasteiger partial charge is 0.333 e. The van der Waals surface area contributed by atoms with Crippen molar-refractivity contribution in [3.63, 3.8) is 0 Å². The van der Waals surface area contributed by atoms with E-state index in [9.17, 15) is 9.59 Å². The molecule has 4 unspecified atom stereocenters. The predicted molar refractivity (Wildman–Crippen MR) is 100 cm³/mol.